The molecule has 1 unspecified atom stereocenters. The maximum atomic E-state index is 13.6. The highest BCUT2D eigenvalue weighted by Gasteiger charge is 2.15. The minimum Gasteiger partial charge on any atom is -0.508 e. The van der Waals surface area contributed by atoms with E-state index in [1.165, 1.54) is 6.07 Å². The van der Waals surface area contributed by atoms with Gasteiger partial charge in [0, 0.05) is 30.8 Å². The van der Waals surface area contributed by atoms with E-state index in [4.69, 9.17) is 5.11 Å². The van der Waals surface area contributed by atoms with E-state index in [1.54, 1.807) is 6.07 Å². The molecule has 0 radical (unpaired) electrons. The van der Waals surface area contributed by atoms with Crippen molar-refractivity contribution in [1.29, 1.82) is 0 Å². The molecule has 0 amide bonds. The van der Waals surface area contributed by atoms with Crippen molar-refractivity contribution in [3.63, 3.8) is 0 Å². The van der Waals surface area contributed by atoms with Crippen LogP contribution in [0.3, 0.4) is 0 Å². The molecule has 1 aromatic carbocycles. The summed E-state index contributed by atoms with van der Waals surface area (Å²) >= 11 is 0. The minimum absolute atomic E-state index is 0.00560. The maximum Gasteiger partial charge on any atom is 0.131 e. The van der Waals surface area contributed by atoms with Crippen LogP contribution in [0.5, 0.6) is 5.75 Å². The van der Waals surface area contributed by atoms with Crippen LogP contribution in [-0.2, 0) is 0 Å². The highest BCUT2D eigenvalue weighted by Crippen LogP contribution is 2.24. The standard InChI is InChI=1S/C12H19FN2O/c1-9(15(3)7-6-14-2)11-5-4-10(16)8-12(11)13/h4-5,8-9,14,16H,6-7H2,1-3H3. The van der Waals surface area contributed by atoms with Crippen molar-refractivity contribution in [1.82, 2.24) is 10.2 Å². The molecule has 1 atom stereocenters. The van der Waals surface area contributed by atoms with E-state index in [2.05, 4.69) is 10.2 Å². The Bertz CT molecular complexity index is 344. The van der Waals surface area contributed by atoms with Crippen LogP contribution in [0.4, 0.5) is 4.39 Å². The van der Waals surface area contributed by atoms with Crippen molar-refractivity contribution >= 4 is 0 Å². The molecule has 0 fully saturated rings. The van der Waals surface area contributed by atoms with Crippen LogP contribution < -0.4 is 5.32 Å². The molecule has 2 N–H and O–H groups in total. The number of nitrogens with zero attached hydrogens (tertiary/aromatic N) is 1. The second kappa shape index (κ2) is 5.82. The molecule has 0 aliphatic heterocycles. The van der Waals surface area contributed by atoms with Crippen LogP contribution in [0.1, 0.15) is 18.5 Å². The van der Waals surface area contributed by atoms with Gasteiger partial charge in [0.05, 0.1) is 0 Å². The molecule has 0 bridgehead atoms. The van der Waals surface area contributed by atoms with Crippen LogP contribution in [0.2, 0.25) is 0 Å². The predicted octanol–water partition coefficient (Wildman–Crippen LogP) is 1.74. The monoisotopic (exact) mass is 226 g/mol. The largest absolute Gasteiger partial charge is 0.508 e. The van der Waals surface area contributed by atoms with Gasteiger partial charge < -0.3 is 10.4 Å². The second-order valence-electron chi connectivity index (χ2n) is 3.97. The van der Waals surface area contributed by atoms with E-state index in [-0.39, 0.29) is 17.6 Å². The molecule has 0 heterocycles. The number of aromatic hydroxyl groups is 1. The van der Waals surface area contributed by atoms with Gasteiger partial charge in [-0.25, -0.2) is 4.39 Å². The summed E-state index contributed by atoms with van der Waals surface area (Å²) in [5.74, 6) is -0.393. The number of phenolic OH excluding ortho intramolecular Hbond substituents is 1. The normalized spacial score (nSPS) is 13.1. The van der Waals surface area contributed by atoms with Gasteiger partial charge in [-0.15, -0.1) is 0 Å². The molecule has 1 aromatic rings. The summed E-state index contributed by atoms with van der Waals surface area (Å²) in [4.78, 5) is 2.06. The highest BCUT2D eigenvalue weighted by molar-refractivity contribution is 5.29. The van der Waals surface area contributed by atoms with Crippen molar-refractivity contribution in [3.05, 3.63) is 29.6 Å². The Kier molecular flexibility index (Phi) is 4.71. The van der Waals surface area contributed by atoms with Gasteiger partial charge in [-0.2, -0.15) is 0 Å². The Balaban J connectivity index is 2.75. The Morgan fingerprint density at radius 3 is 2.75 bits per heavy atom. The number of hydrogen-bond acceptors (Lipinski definition) is 3. The summed E-state index contributed by atoms with van der Waals surface area (Å²) in [6.07, 6.45) is 0. The van der Waals surface area contributed by atoms with E-state index >= 15 is 0 Å². The molecular formula is C12H19FN2O. The first-order valence-electron chi connectivity index (χ1n) is 5.39. The zero-order chi connectivity index (χ0) is 12.1. The van der Waals surface area contributed by atoms with Crippen molar-refractivity contribution < 1.29 is 9.50 Å². The molecule has 0 aliphatic rings. The van der Waals surface area contributed by atoms with Gasteiger partial charge >= 0.3 is 0 Å². The summed E-state index contributed by atoms with van der Waals surface area (Å²) < 4.78 is 13.6. The lowest BCUT2D eigenvalue weighted by Gasteiger charge is -2.25. The van der Waals surface area contributed by atoms with Gasteiger partial charge in [0.2, 0.25) is 0 Å². The Morgan fingerprint density at radius 2 is 2.19 bits per heavy atom. The second-order valence-corrected chi connectivity index (χ2v) is 3.97. The fourth-order valence-electron chi connectivity index (χ4n) is 1.57. The molecule has 0 saturated heterocycles. The van der Waals surface area contributed by atoms with E-state index in [9.17, 15) is 4.39 Å². The lowest BCUT2D eigenvalue weighted by atomic mass is 10.1. The van der Waals surface area contributed by atoms with Gasteiger partial charge in [0.15, 0.2) is 0 Å². The zero-order valence-corrected chi connectivity index (χ0v) is 10.00. The van der Waals surface area contributed by atoms with Crippen LogP contribution >= 0.6 is 0 Å². The zero-order valence-electron chi connectivity index (χ0n) is 10.00. The lowest BCUT2D eigenvalue weighted by Crippen LogP contribution is -2.30. The number of phenols is 1. The number of benzene rings is 1. The Morgan fingerprint density at radius 1 is 1.50 bits per heavy atom. The quantitative estimate of drug-likeness (QED) is 0.803. The molecule has 0 spiro atoms. The first-order chi connectivity index (χ1) is 7.56. The number of rotatable bonds is 5. The summed E-state index contributed by atoms with van der Waals surface area (Å²) in [6, 6.07) is 4.29. The lowest BCUT2D eigenvalue weighted by molar-refractivity contribution is 0.258. The van der Waals surface area contributed by atoms with Crippen molar-refractivity contribution in [3.8, 4) is 5.75 Å². The maximum absolute atomic E-state index is 13.6. The van der Waals surface area contributed by atoms with Gasteiger partial charge in [-0.05, 0) is 27.1 Å². The van der Waals surface area contributed by atoms with E-state index < -0.39 is 0 Å². The summed E-state index contributed by atoms with van der Waals surface area (Å²) in [5.41, 5.74) is 0.608. The van der Waals surface area contributed by atoms with Gasteiger partial charge in [-0.1, -0.05) is 6.07 Å². The van der Waals surface area contributed by atoms with E-state index in [0.717, 1.165) is 19.2 Å². The van der Waals surface area contributed by atoms with Crippen molar-refractivity contribution in [2.24, 2.45) is 0 Å². The van der Waals surface area contributed by atoms with Crippen LogP contribution in [0.25, 0.3) is 0 Å². The topological polar surface area (TPSA) is 35.5 Å². The summed E-state index contributed by atoms with van der Waals surface area (Å²) in [7, 11) is 3.84. The summed E-state index contributed by atoms with van der Waals surface area (Å²) in [6.45, 7) is 3.66. The Hall–Kier alpha value is -1.13. The molecule has 0 aromatic heterocycles. The average Bonchev–Trinajstić information content (AvgIpc) is 2.25. The molecule has 0 aliphatic carbocycles. The number of nitrogens with one attached hydrogen (secondary N) is 1. The van der Waals surface area contributed by atoms with E-state index in [0.29, 0.717) is 5.56 Å². The van der Waals surface area contributed by atoms with Gasteiger partial charge in [-0.3, -0.25) is 4.90 Å². The third kappa shape index (κ3) is 3.18. The third-order valence-corrected chi connectivity index (χ3v) is 2.81. The number of likely N-dealkylation sites (N-methyl/N-ethyl adjacent to an activating group) is 2. The predicted molar refractivity (Wildman–Crippen MR) is 63.0 cm³/mol. The first kappa shape index (κ1) is 12.9. The Labute approximate surface area is 95.9 Å². The molecular weight excluding hydrogens is 207 g/mol. The molecule has 1 rings (SSSR count). The fourth-order valence-corrected chi connectivity index (χ4v) is 1.57. The van der Waals surface area contributed by atoms with Crippen LogP contribution in [0, 0.1) is 5.82 Å². The molecule has 16 heavy (non-hydrogen) atoms. The minimum atomic E-state index is -0.358. The summed E-state index contributed by atoms with van der Waals surface area (Å²) in [5, 5.41) is 12.2. The third-order valence-electron chi connectivity index (χ3n) is 2.81. The highest BCUT2D eigenvalue weighted by atomic mass is 19.1. The fraction of sp³-hybridized carbons (Fsp3) is 0.500. The number of halogens is 1. The van der Waals surface area contributed by atoms with Gasteiger partial charge in [0.1, 0.15) is 11.6 Å². The average molecular weight is 226 g/mol. The molecule has 0 saturated carbocycles. The molecule has 4 heteroatoms. The van der Waals surface area contributed by atoms with Crippen molar-refractivity contribution in [2.75, 3.05) is 27.2 Å². The van der Waals surface area contributed by atoms with Gasteiger partial charge in [0.25, 0.3) is 0 Å². The van der Waals surface area contributed by atoms with E-state index in [1.807, 2.05) is 21.0 Å². The molecule has 3 nitrogen and oxygen atoms in total. The number of hydrogen-bond donors (Lipinski definition) is 2. The first-order valence-corrected chi connectivity index (χ1v) is 5.39. The van der Waals surface area contributed by atoms with Crippen molar-refractivity contribution in [2.45, 2.75) is 13.0 Å². The molecule has 90 valence electrons. The van der Waals surface area contributed by atoms with Crippen LogP contribution in [0.15, 0.2) is 18.2 Å². The smallest absolute Gasteiger partial charge is 0.131 e. The SMILES string of the molecule is CNCCN(C)C(C)c1ccc(O)cc1F. The van der Waals surface area contributed by atoms with Crippen LogP contribution in [-0.4, -0.2) is 37.2 Å².